The average Bonchev–Trinajstić information content (AvgIpc) is 2.63. The first kappa shape index (κ1) is 19.2. The van der Waals surface area contributed by atoms with Crippen LogP contribution in [0, 0.1) is 17.0 Å². The topological polar surface area (TPSA) is 108 Å². The molecule has 1 aliphatic heterocycles. The molecule has 0 bridgehead atoms. The van der Waals surface area contributed by atoms with Gasteiger partial charge >= 0.3 is 11.7 Å². The molecule has 28 heavy (non-hydrogen) atoms. The van der Waals surface area contributed by atoms with E-state index in [-0.39, 0.29) is 35.2 Å². The van der Waals surface area contributed by atoms with Gasteiger partial charge in [0.1, 0.15) is 18.0 Å². The average molecular weight is 385 g/mol. The van der Waals surface area contributed by atoms with Crippen LogP contribution in [-0.4, -0.2) is 28.2 Å². The Morgan fingerprint density at radius 2 is 1.82 bits per heavy atom. The number of aryl methyl sites for hydroxylation is 1. The van der Waals surface area contributed by atoms with Crippen molar-refractivity contribution in [2.24, 2.45) is 0 Å². The van der Waals surface area contributed by atoms with E-state index in [1.807, 2.05) is 6.92 Å². The van der Waals surface area contributed by atoms with Crippen molar-refractivity contribution in [2.45, 2.75) is 33.0 Å². The minimum Gasteiger partial charge on any atom is -0.508 e. The fourth-order valence-electron chi connectivity index (χ4n) is 2.62. The highest BCUT2D eigenvalue weighted by Crippen LogP contribution is 2.42. The number of phenolic OH excluding ortho intramolecular Hbond substituents is 1. The molecule has 2 aromatic rings. The lowest BCUT2D eigenvalue weighted by molar-refractivity contribution is -0.385. The molecule has 0 amide bonds. The molecule has 0 spiro atoms. The summed E-state index contributed by atoms with van der Waals surface area (Å²) in [6.45, 7) is 5.33. The van der Waals surface area contributed by atoms with Crippen LogP contribution in [0.15, 0.2) is 36.4 Å². The zero-order valence-corrected chi connectivity index (χ0v) is 15.5. The summed E-state index contributed by atoms with van der Waals surface area (Å²) in [7, 11) is 0. The Morgan fingerprint density at radius 1 is 1.18 bits per heavy atom. The van der Waals surface area contributed by atoms with Gasteiger partial charge in [-0.25, -0.2) is 4.79 Å². The molecule has 0 aliphatic carbocycles. The predicted molar refractivity (Wildman–Crippen MR) is 101 cm³/mol. The molecule has 8 nitrogen and oxygen atoms in total. The molecule has 8 heteroatoms. The number of rotatable bonds is 4. The molecule has 1 aliphatic rings. The van der Waals surface area contributed by atoms with E-state index >= 15 is 0 Å². The molecule has 0 saturated heterocycles. The van der Waals surface area contributed by atoms with Crippen molar-refractivity contribution in [3.63, 3.8) is 0 Å². The number of fused-ring (bicyclic) bond motifs is 1. The summed E-state index contributed by atoms with van der Waals surface area (Å²) in [5.74, 6) is -0.364. The van der Waals surface area contributed by atoms with E-state index in [2.05, 4.69) is 0 Å². The number of esters is 1. The maximum Gasteiger partial charge on any atom is 0.336 e. The lowest BCUT2D eigenvalue weighted by Gasteiger charge is -2.29. The monoisotopic (exact) mass is 385 g/mol. The number of nitrogens with zero attached hydrogens (tertiary/aromatic N) is 1. The van der Waals surface area contributed by atoms with E-state index in [0.717, 1.165) is 6.08 Å². The van der Waals surface area contributed by atoms with Crippen molar-refractivity contribution in [1.29, 1.82) is 0 Å². The van der Waals surface area contributed by atoms with Crippen LogP contribution in [0.5, 0.6) is 23.0 Å². The van der Waals surface area contributed by atoms with E-state index < -0.39 is 16.6 Å². The highest BCUT2D eigenvalue weighted by molar-refractivity contribution is 5.89. The molecule has 2 atom stereocenters. The van der Waals surface area contributed by atoms with Crippen LogP contribution in [0.4, 0.5) is 5.69 Å². The number of carbonyl (C=O) groups is 1. The van der Waals surface area contributed by atoms with Gasteiger partial charge in [0.2, 0.25) is 5.75 Å². The fourth-order valence-corrected chi connectivity index (χ4v) is 2.62. The normalized spacial score (nSPS) is 18.1. The van der Waals surface area contributed by atoms with Gasteiger partial charge in [-0.2, -0.15) is 0 Å². The number of aromatic hydroxyl groups is 1. The lowest BCUT2D eigenvalue weighted by Crippen LogP contribution is -2.35. The standard InChI is InChI=1S/C20H19NO7/c1-11-8-14(4-6-16(11)22)5-7-20(23)28-17-10-19-18(9-15(17)21(24)25)26-12(2)13(3)27-19/h4-10,12-13,22H,1-3H3. The van der Waals surface area contributed by atoms with Crippen molar-refractivity contribution >= 4 is 17.7 Å². The first-order valence-electron chi connectivity index (χ1n) is 8.60. The van der Waals surface area contributed by atoms with E-state index in [1.165, 1.54) is 24.3 Å². The van der Waals surface area contributed by atoms with Crippen molar-refractivity contribution in [2.75, 3.05) is 0 Å². The molecular weight excluding hydrogens is 366 g/mol. The van der Waals surface area contributed by atoms with Gasteiger partial charge in [-0.05, 0) is 50.1 Å². The molecule has 3 rings (SSSR count). The number of hydrogen-bond acceptors (Lipinski definition) is 7. The second kappa shape index (κ2) is 7.59. The summed E-state index contributed by atoms with van der Waals surface area (Å²) < 4.78 is 16.4. The quantitative estimate of drug-likeness (QED) is 0.280. The summed E-state index contributed by atoms with van der Waals surface area (Å²) in [4.78, 5) is 22.9. The van der Waals surface area contributed by atoms with Crippen LogP contribution >= 0.6 is 0 Å². The first-order valence-corrected chi connectivity index (χ1v) is 8.60. The Balaban J connectivity index is 1.83. The lowest BCUT2D eigenvalue weighted by atomic mass is 10.1. The zero-order valence-electron chi connectivity index (χ0n) is 15.5. The van der Waals surface area contributed by atoms with Gasteiger partial charge in [-0.3, -0.25) is 10.1 Å². The Morgan fingerprint density at radius 3 is 2.43 bits per heavy atom. The number of phenols is 1. The van der Waals surface area contributed by atoms with E-state index in [4.69, 9.17) is 14.2 Å². The van der Waals surface area contributed by atoms with E-state index in [1.54, 1.807) is 26.0 Å². The van der Waals surface area contributed by atoms with Gasteiger partial charge in [0.25, 0.3) is 0 Å². The SMILES string of the molecule is Cc1cc(C=CC(=O)Oc2cc3c(cc2[N+](=O)[O-])OC(C)C(C)O3)ccc1O. The number of nitro groups is 1. The van der Waals surface area contributed by atoms with Crippen LogP contribution in [0.2, 0.25) is 0 Å². The van der Waals surface area contributed by atoms with Crippen molar-refractivity contribution in [3.05, 3.63) is 57.6 Å². The van der Waals surface area contributed by atoms with Crippen LogP contribution in [0.3, 0.4) is 0 Å². The van der Waals surface area contributed by atoms with Crippen molar-refractivity contribution in [3.8, 4) is 23.0 Å². The molecule has 0 radical (unpaired) electrons. The second-order valence-corrected chi connectivity index (χ2v) is 6.47. The van der Waals surface area contributed by atoms with Crippen LogP contribution < -0.4 is 14.2 Å². The molecule has 0 saturated carbocycles. The molecule has 2 unspecified atom stereocenters. The first-order chi connectivity index (χ1) is 13.2. The Hall–Kier alpha value is -3.55. The number of carbonyl (C=O) groups excluding carboxylic acids is 1. The molecule has 146 valence electrons. The van der Waals surface area contributed by atoms with Gasteiger partial charge in [-0.15, -0.1) is 0 Å². The third kappa shape index (κ3) is 4.06. The Labute approximate surface area is 161 Å². The summed E-state index contributed by atoms with van der Waals surface area (Å²) in [5.41, 5.74) is 0.930. The molecule has 1 N–H and O–H groups in total. The van der Waals surface area contributed by atoms with Gasteiger partial charge in [0, 0.05) is 12.1 Å². The van der Waals surface area contributed by atoms with Crippen LogP contribution in [-0.2, 0) is 4.79 Å². The highest BCUT2D eigenvalue weighted by atomic mass is 16.6. The number of nitro benzene ring substituents is 1. The van der Waals surface area contributed by atoms with E-state index in [9.17, 15) is 20.0 Å². The smallest absolute Gasteiger partial charge is 0.336 e. The largest absolute Gasteiger partial charge is 0.508 e. The summed E-state index contributed by atoms with van der Waals surface area (Å²) in [6.07, 6.45) is 2.12. The number of benzene rings is 2. The molecule has 0 aromatic heterocycles. The van der Waals surface area contributed by atoms with Crippen LogP contribution in [0.25, 0.3) is 6.08 Å². The molecular formula is C20H19NO7. The maximum atomic E-state index is 12.1. The Bertz CT molecular complexity index is 967. The summed E-state index contributed by atoms with van der Waals surface area (Å²) >= 11 is 0. The second-order valence-electron chi connectivity index (χ2n) is 6.47. The van der Waals surface area contributed by atoms with Gasteiger partial charge in [0.15, 0.2) is 11.5 Å². The van der Waals surface area contributed by atoms with Crippen molar-refractivity contribution in [1.82, 2.24) is 0 Å². The minimum atomic E-state index is -0.785. The minimum absolute atomic E-state index is 0.148. The third-order valence-electron chi connectivity index (χ3n) is 4.35. The van der Waals surface area contributed by atoms with Crippen molar-refractivity contribution < 1.29 is 29.0 Å². The van der Waals surface area contributed by atoms with Gasteiger partial charge in [0.05, 0.1) is 11.0 Å². The fraction of sp³-hybridized carbons (Fsp3) is 0.250. The summed E-state index contributed by atoms with van der Waals surface area (Å²) in [5, 5.41) is 20.9. The van der Waals surface area contributed by atoms with Crippen LogP contribution in [0.1, 0.15) is 25.0 Å². The zero-order chi connectivity index (χ0) is 20.4. The molecule has 0 fully saturated rings. The number of ether oxygens (including phenoxy) is 3. The molecule has 1 heterocycles. The number of hydrogen-bond donors (Lipinski definition) is 1. The van der Waals surface area contributed by atoms with Gasteiger partial charge in [-0.1, -0.05) is 6.07 Å². The maximum absolute atomic E-state index is 12.1. The predicted octanol–water partition coefficient (Wildman–Crippen LogP) is 3.78. The Kier molecular flexibility index (Phi) is 5.21. The van der Waals surface area contributed by atoms with Gasteiger partial charge < -0.3 is 19.3 Å². The highest BCUT2D eigenvalue weighted by Gasteiger charge is 2.30. The van der Waals surface area contributed by atoms with E-state index in [0.29, 0.717) is 11.1 Å². The molecule has 2 aromatic carbocycles. The third-order valence-corrected chi connectivity index (χ3v) is 4.35. The summed E-state index contributed by atoms with van der Waals surface area (Å²) in [6, 6.07) is 7.29.